The summed E-state index contributed by atoms with van der Waals surface area (Å²) < 4.78 is 0. The van der Waals surface area contributed by atoms with E-state index in [9.17, 15) is 26.3 Å². The van der Waals surface area contributed by atoms with Crippen LogP contribution in [-0.4, -0.2) is 17.0 Å². The summed E-state index contributed by atoms with van der Waals surface area (Å²) in [5.41, 5.74) is 3.60. The highest BCUT2D eigenvalue weighted by molar-refractivity contribution is 7.81. The third-order valence-corrected chi connectivity index (χ3v) is 7.04. The minimum atomic E-state index is -0.0412. The number of nitrogens with one attached hydrogen (secondary N) is 1. The van der Waals surface area contributed by atoms with Crippen molar-refractivity contribution in [1.82, 2.24) is 5.32 Å². The number of thiol groups is 2. The normalized spacial score (nSPS) is 20.7. The van der Waals surface area contributed by atoms with Crippen LogP contribution < -0.4 is 5.32 Å². The summed E-state index contributed by atoms with van der Waals surface area (Å²) in [5, 5.41) is 50.2. The van der Waals surface area contributed by atoms with Crippen molar-refractivity contribution in [2.45, 2.75) is 74.7 Å². The molecule has 0 aromatic heterocycles. The molecule has 0 bridgehead atoms. The fourth-order valence-electron chi connectivity index (χ4n) is 4.60. The van der Waals surface area contributed by atoms with Gasteiger partial charge in [-0.3, -0.25) is 0 Å². The van der Waals surface area contributed by atoms with E-state index in [1.54, 1.807) is 0 Å². The third kappa shape index (κ3) is 7.45. The van der Waals surface area contributed by atoms with Crippen LogP contribution in [0, 0.1) is 63.2 Å². The summed E-state index contributed by atoms with van der Waals surface area (Å²) in [4.78, 5) is 3.27. The molecule has 2 unspecified atom stereocenters. The van der Waals surface area contributed by atoms with Crippen LogP contribution in [0.2, 0.25) is 0 Å². The van der Waals surface area contributed by atoms with Crippen molar-refractivity contribution in [3.8, 4) is 30.3 Å². The van der Waals surface area contributed by atoms with Crippen LogP contribution in [0.4, 0.5) is 0 Å². The Morgan fingerprint density at radius 2 is 1.42 bits per heavy atom. The van der Waals surface area contributed by atoms with Crippen LogP contribution in [0.25, 0.3) is 4.85 Å². The van der Waals surface area contributed by atoms with Gasteiger partial charge in [-0.15, -0.1) is 0 Å². The van der Waals surface area contributed by atoms with Gasteiger partial charge in [-0.05, 0) is 49.7 Å². The minimum absolute atomic E-state index is 0.00715. The molecule has 36 heavy (non-hydrogen) atoms. The molecule has 0 amide bonds. The minimum Gasteiger partial charge on any atom is -0.387 e. The summed E-state index contributed by atoms with van der Waals surface area (Å²) in [6, 6.07) is 10.1. The first-order valence-electron chi connectivity index (χ1n) is 11.8. The Bertz CT molecular complexity index is 1110. The van der Waals surface area contributed by atoms with Gasteiger partial charge >= 0.3 is 0 Å². The van der Waals surface area contributed by atoms with Crippen LogP contribution in [0.3, 0.4) is 0 Å². The quantitative estimate of drug-likeness (QED) is 0.156. The van der Waals surface area contributed by atoms with E-state index in [0.717, 1.165) is 49.8 Å². The third-order valence-electron chi connectivity index (χ3n) is 6.31. The first-order chi connectivity index (χ1) is 17.4. The first kappa shape index (κ1) is 28.6. The zero-order chi connectivity index (χ0) is 26.5. The highest BCUT2D eigenvalue weighted by atomic mass is 32.1. The second-order valence-electron chi connectivity index (χ2n) is 8.75. The van der Waals surface area contributed by atoms with Crippen LogP contribution in [0.5, 0.6) is 0 Å². The SMILES string of the molecule is [C-]#[N+]/C(C#N)=C1\CC(S)CC(NCCCCCCCC2=C(C#N)C(=C(C#N)C#N)CC(S)C2)=C1C#N. The predicted octanol–water partition coefficient (Wildman–Crippen LogP) is 5.74. The molecule has 0 saturated carbocycles. The van der Waals surface area contributed by atoms with Gasteiger partial charge in [-0.25, -0.2) is 10.1 Å². The van der Waals surface area contributed by atoms with Crippen LogP contribution in [0.15, 0.2) is 44.8 Å². The maximum Gasteiger partial charge on any atom is 0.266 e. The highest BCUT2D eigenvalue weighted by Crippen LogP contribution is 2.36. The van der Waals surface area contributed by atoms with Crippen molar-refractivity contribution in [2.24, 2.45) is 0 Å². The second-order valence-corrected chi connectivity index (χ2v) is 10.2. The van der Waals surface area contributed by atoms with Gasteiger partial charge < -0.3 is 5.32 Å². The number of hydrogen-bond donors (Lipinski definition) is 3. The fourth-order valence-corrected chi connectivity index (χ4v) is 5.37. The monoisotopic (exact) mass is 513 g/mol. The van der Waals surface area contributed by atoms with Gasteiger partial charge in [-0.2, -0.15) is 46.3 Å². The van der Waals surface area contributed by atoms with Gasteiger partial charge in [0.05, 0.1) is 35.9 Å². The number of nitrogens with zero attached hydrogens (tertiary/aromatic N) is 6. The Labute approximate surface area is 224 Å². The molecule has 0 heterocycles. The molecule has 2 aliphatic carbocycles. The molecule has 0 aromatic rings. The van der Waals surface area contributed by atoms with Crippen molar-refractivity contribution in [3.05, 3.63) is 56.2 Å². The predicted molar refractivity (Wildman–Crippen MR) is 142 cm³/mol. The molecule has 0 radical (unpaired) electrons. The average Bonchev–Trinajstić information content (AvgIpc) is 2.87. The molecule has 0 saturated heterocycles. The Morgan fingerprint density at radius 3 is 2.03 bits per heavy atom. The second kappa shape index (κ2) is 14.7. The molecule has 9 heteroatoms. The van der Waals surface area contributed by atoms with Crippen molar-refractivity contribution in [1.29, 1.82) is 26.3 Å². The van der Waals surface area contributed by atoms with E-state index >= 15 is 0 Å². The van der Waals surface area contributed by atoms with E-state index in [1.165, 1.54) is 0 Å². The van der Waals surface area contributed by atoms with Gasteiger partial charge in [0.15, 0.2) is 0 Å². The lowest BCUT2D eigenvalue weighted by atomic mass is 9.83. The van der Waals surface area contributed by atoms with Gasteiger partial charge in [0.1, 0.15) is 17.7 Å². The Balaban J connectivity index is 1.87. The summed E-state index contributed by atoms with van der Waals surface area (Å²) in [6.45, 7) is 7.89. The maximum atomic E-state index is 9.64. The number of nitriles is 5. The van der Waals surface area contributed by atoms with E-state index in [0.29, 0.717) is 54.5 Å². The molecular weight excluding hydrogens is 486 g/mol. The maximum absolute atomic E-state index is 9.64. The van der Waals surface area contributed by atoms with Crippen LogP contribution >= 0.6 is 25.3 Å². The lowest BCUT2D eigenvalue weighted by Crippen LogP contribution is -2.24. The molecule has 1 N–H and O–H groups in total. The summed E-state index contributed by atoms with van der Waals surface area (Å²) >= 11 is 9.09. The zero-order valence-electron chi connectivity index (χ0n) is 20.0. The Morgan fingerprint density at radius 1 is 0.806 bits per heavy atom. The molecule has 2 rings (SSSR count). The van der Waals surface area contributed by atoms with Gasteiger partial charge in [0.25, 0.3) is 5.70 Å². The number of allylic oxidation sites excluding steroid dienone is 8. The van der Waals surface area contributed by atoms with Crippen LogP contribution in [0.1, 0.15) is 64.2 Å². The molecule has 0 aromatic carbocycles. The number of hydrogen-bond acceptors (Lipinski definition) is 8. The van der Waals surface area contributed by atoms with E-state index in [4.69, 9.17) is 6.57 Å². The average molecular weight is 514 g/mol. The largest absolute Gasteiger partial charge is 0.387 e. The lowest BCUT2D eigenvalue weighted by Gasteiger charge is -2.25. The summed E-state index contributed by atoms with van der Waals surface area (Å²) in [6.07, 6.45) is 7.80. The topological polar surface area (TPSA) is 135 Å². The zero-order valence-corrected chi connectivity index (χ0v) is 21.8. The molecule has 0 aliphatic heterocycles. The van der Waals surface area contributed by atoms with Gasteiger partial charge in [0.2, 0.25) is 0 Å². The highest BCUT2D eigenvalue weighted by Gasteiger charge is 2.26. The molecule has 0 spiro atoms. The van der Waals surface area contributed by atoms with Gasteiger partial charge in [-0.1, -0.05) is 24.8 Å². The van der Waals surface area contributed by atoms with Crippen molar-refractivity contribution in [2.75, 3.05) is 6.54 Å². The molecule has 0 fully saturated rings. The van der Waals surface area contributed by atoms with Crippen LogP contribution in [-0.2, 0) is 0 Å². The van der Waals surface area contributed by atoms with Crippen molar-refractivity contribution in [3.63, 3.8) is 0 Å². The smallest absolute Gasteiger partial charge is 0.266 e. The van der Waals surface area contributed by atoms with E-state index in [-0.39, 0.29) is 21.8 Å². The Kier molecular flexibility index (Phi) is 11.7. The Hall–Kier alpha value is -3.60. The van der Waals surface area contributed by atoms with E-state index in [2.05, 4.69) is 47.6 Å². The molecule has 2 aliphatic rings. The van der Waals surface area contributed by atoms with Crippen molar-refractivity contribution >= 4 is 25.3 Å². The fraction of sp³-hybridized carbons (Fsp3) is 0.481. The van der Waals surface area contributed by atoms with E-state index in [1.807, 2.05) is 18.2 Å². The molecular formula is C27H27N7S2. The summed E-state index contributed by atoms with van der Waals surface area (Å²) in [5.74, 6) is 0. The van der Waals surface area contributed by atoms with Crippen molar-refractivity contribution < 1.29 is 0 Å². The molecule has 2 atom stereocenters. The number of unbranched alkanes of at least 4 members (excludes halogenated alkanes) is 4. The first-order valence-corrected chi connectivity index (χ1v) is 12.9. The lowest BCUT2D eigenvalue weighted by molar-refractivity contribution is 0.580. The summed E-state index contributed by atoms with van der Waals surface area (Å²) in [7, 11) is 0. The molecule has 182 valence electrons. The van der Waals surface area contributed by atoms with Gasteiger partial charge in [0, 0.05) is 29.2 Å². The van der Waals surface area contributed by atoms with E-state index < -0.39 is 0 Å². The standard InChI is InChI=1S/C27H27N7S2/c1-33-27(17-32)23-11-21(36)12-26(25(23)16-31)34-8-6-4-2-3-5-7-18-9-20(35)10-22(24(18)15-30)19(13-28)14-29/h20-21,34-36H,2-12H2/b27-23+. The number of rotatable bonds is 9. The molecule has 7 nitrogen and oxygen atoms in total.